The Morgan fingerprint density at radius 1 is 1.39 bits per heavy atom. The fraction of sp³-hybridized carbons (Fsp3) is 0.583. The van der Waals surface area contributed by atoms with E-state index < -0.39 is 5.97 Å². The summed E-state index contributed by atoms with van der Waals surface area (Å²) >= 11 is 0. The van der Waals surface area contributed by atoms with Gasteiger partial charge in [-0.1, -0.05) is 13.8 Å². The average molecular weight is 252 g/mol. The van der Waals surface area contributed by atoms with E-state index in [1.807, 2.05) is 14.1 Å². The zero-order valence-electron chi connectivity index (χ0n) is 11.3. The van der Waals surface area contributed by atoms with Gasteiger partial charge in [-0.2, -0.15) is 0 Å². The summed E-state index contributed by atoms with van der Waals surface area (Å²) in [6.45, 7) is 5.99. The predicted molar refractivity (Wildman–Crippen MR) is 69.8 cm³/mol. The van der Waals surface area contributed by atoms with E-state index >= 15 is 0 Å². The molecular formula is C12H20N4O2. The van der Waals surface area contributed by atoms with Crippen molar-refractivity contribution >= 4 is 11.8 Å². The van der Waals surface area contributed by atoms with Crippen molar-refractivity contribution < 1.29 is 9.90 Å². The second kappa shape index (κ2) is 5.77. The van der Waals surface area contributed by atoms with Crippen molar-refractivity contribution in [3.05, 3.63) is 18.1 Å². The number of carboxylic acid groups (broad SMARTS) is 1. The van der Waals surface area contributed by atoms with Crippen LogP contribution < -0.4 is 5.32 Å². The number of rotatable bonds is 6. The molecular weight excluding hydrogens is 232 g/mol. The van der Waals surface area contributed by atoms with Crippen molar-refractivity contribution in [3.8, 4) is 0 Å². The summed E-state index contributed by atoms with van der Waals surface area (Å²) in [5.41, 5.74) is 0.0458. The summed E-state index contributed by atoms with van der Waals surface area (Å²) in [6.07, 6.45) is 2.69. The molecule has 18 heavy (non-hydrogen) atoms. The highest BCUT2D eigenvalue weighted by Gasteiger charge is 2.18. The Hall–Kier alpha value is -1.69. The standard InChI is InChI=1S/C12H20N4O2/c1-12(2,8-16(3)4)7-15-10-6-13-9(5-14-10)11(17)18/h5-6H,7-8H2,1-4H3,(H,14,15)(H,17,18). The first kappa shape index (κ1) is 14.4. The van der Waals surface area contributed by atoms with Crippen molar-refractivity contribution in [2.45, 2.75) is 13.8 Å². The quantitative estimate of drug-likeness (QED) is 0.791. The van der Waals surface area contributed by atoms with Crippen LogP contribution in [0.3, 0.4) is 0 Å². The van der Waals surface area contributed by atoms with Gasteiger partial charge in [0.15, 0.2) is 5.69 Å². The van der Waals surface area contributed by atoms with Gasteiger partial charge in [-0.15, -0.1) is 0 Å². The Morgan fingerprint density at radius 2 is 2.06 bits per heavy atom. The van der Waals surface area contributed by atoms with Crippen LogP contribution in [0.4, 0.5) is 5.82 Å². The molecule has 0 aromatic carbocycles. The fourth-order valence-corrected chi connectivity index (χ4v) is 1.77. The maximum atomic E-state index is 10.6. The molecule has 1 aromatic rings. The van der Waals surface area contributed by atoms with Gasteiger partial charge in [-0.05, 0) is 19.5 Å². The van der Waals surface area contributed by atoms with Gasteiger partial charge in [0.2, 0.25) is 0 Å². The Balaban J connectivity index is 2.55. The van der Waals surface area contributed by atoms with Crippen LogP contribution in [-0.2, 0) is 0 Å². The van der Waals surface area contributed by atoms with E-state index in [4.69, 9.17) is 5.11 Å². The van der Waals surface area contributed by atoms with Crippen LogP contribution in [0, 0.1) is 5.41 Å². The number of nitrogens with one attached hydrogen (secondary N) is 1. The topological polar surface area (TPSA) is 78.4 Å². The Bertz CT molecular complexity index is 401. The largest absolute Gasteiger partial charge is 0.476 e. The number of aromatic nitrogens is 2. The van der Waals surface area contributed by atoms with E-state index in [2.05, 4.69) is 34.0 Å². The van der Waals surface area contributed by atoms with Gasteiger partial charge < -0.3 is 15.3 Å². The molecule has 1 rings (SSSR count). The first-order valence-corrected chi connectivity index (χ1v) is 5.74. The molecule has 0 unspecified atom stereocenters. The lowest BCUT2D eigenvalue weighted by molar-refractivity contribution is 0.0690. The molecule has 1 aromatic heterocycles. The van der Waals surface area contributed by atoms with E-state index in [1.54, 1.807) is 0 Å². The van der Waals surface area contributed by atoms with E-state index in [1.165, 1.54) is 12.4 Å². The molecule has 0 fully saturated rings. The number of carbonyl (C=O) groups is 1. The van der Waals surface area contributed by atoms with Crippen LogP contribution in [-0.4, -0.2) is 53.1 Å². The second-order valence-electron chi connectivity index (χ2n) is 5.35. The summed E-state index contributed by atoms with van der Waals surface area (Å²) in [5.74, 6) is -0.478. The van der Waals surface area contributed by atoms with Crippen molar-refractivity contribution in [3.63, 3.8) is 0 Å². The van der Waals surface area contributed by atoms with Crippen LogP contribution in [0.2, 0.25) is 0 Å². The minimum absolute atomic E-state index is 0.0481. The minimum atomic E-state index is -1.07. The molecule has 0 amide bonds. The molecule has 1 heterocycles. The molecule has 6 heteroatoms. The minimum Gasteiger partial charge on any atom is -0.476 e. The van der Waals surface area contributed by atoms with E-state index in [0.717, 1.165) is 13.1 Å². The van der Waals surface area contributed by atoms with Crippen LogP contribution in [0.5, 0.6) is 0 Å². The molecule has 0 aliphatic carbocycles. The van der Waals surface area contributed by atoms with Crippen LogP contribution >= 0.6 is 0 Å². The normalized spacial score (nSPS) is 11.6. The lowest BCUT2D eigenvalue weighted by Crippen LogP contribution is -2.34. The van der Waals surface area contributed by atoms with Gasteiger partial charge in [-0.3, -0.25) is 0 Å². The lowest BCUT2D eigenvalue weighted by Gasteiger charge is -2.28. The molecule has 0 spiro atoms. The Labute approximate surface area is 107 Å². The highest BCUT2D eigenvalue weighted by molar-refractivity contribution is 5.84. The molecule has 0 atom stereocenters. The zero-order valence-corrected chi connectivity index (χ0v) is 11.3. The van der Waals surface area contributed by atoms with Crippen LogP contribution in [0.15, 0.2) is 12.4 Å². The van der Waals surface area contributed by atoms with Gasteiger partial charge in [0, 0.05) is 13.1 Å². The summed E-state index contributed by atoms with van der Waals surface area (Å²) in [4.78, 5) is 20.6. The van der Waals surface area contributed by atoms with Gasteiger partial charge >= 0.3 is 5.97 Å². The van der Waals surface area contributed by atoms with Gasteiger partial charge in [0.25, 0.3) is 0 Å². The van der Waals surface area contributed by atoms with Gasteiger partial charge in [0.05, 0.1) is 12.4 Å². The summed E-state index contributed by atoms with van der Waals surface area (Å²) in [6, 6.07) is 0. The van der Waals surface area contributed by atoms with Gasteiger partial charge in [0.1, 0.15) is 5.82 Å². The number of anilines is 1. The zero-order chi connectivity index (χ0) is 13.8. The fourth-order valence-electron chi connectivity index (χ4n) is 1.77. The number of nitrogens with zero attached hydrogens (tertiary/aromatic N) is 3. The molecule has 0 bridgehead atoms. The molecule has 0 saturated heterocycles. The second-order valence-corrected chi connectivity index (χ2v) is 5.35. The molecule has 6 nitrogen and oxygen atoms in total. The molecule has 0 radical (unpaired) electrons. The Morgan fingerprint density at radius 3 is 2.50 bits per heavy atom. The molecule has 2 N–H and O–H groups in total. The van der Waals surface area contributed by atoms with Gasteiger partial charge in [-0.25, -0.2) is 14.8 Å². The number of hydrogen-bond donors (Lipinski definition) is 2. The number of aromatic carboxylic acids is 1. The molecule has 100 valence electrons. The maximum Gasteiger partial charge on any atom is 0.356 e. The monoisotopic (exact) mass is 252 g/mol. The third-order valence-electron chi connectivity index (χ3n) is 2.36. The van der Waals surface area contributed by atoms with Crippen LogP contribution in [0.1, 0.15) is 24.3 Å². The average Bonchev–Trinajstić information content (AvgIpc) is 2.25. The van der Waals surface area contributed by atoms with Crippen molar-refractivity contribution in [1.29, 1.82) is 0 Å². The maximum absolute atomic E-state index is 10.6. The SMILES string of the molecule is CN(C)CC(C)(C)CNc1cnc(C(=O)O)cn1. The van der Waals surface area contributed by atoms with E-state index in [0.29, 0.717) is 5.82 Å². The number of hydrogen-bond acceptors (Lipinski definition) is 5. The summed E-state index contributed by atoms with van der Waals surface area (Å²) in [7, 11) is 4.06. The van der Waals surface area contributed by atoms with Crippen LogP contribution in [0.25, 0.3) is 0 Å². The third kappa shape index (κ3) is 4.67. The lowest BCUT2D eigenvalue weighted by atomic mass is 9.93. The number of carboxylic acids is 1. The predicted octanol–water partition coefficient (Wildman–Crippen LogP) is 1.17. The molecule has 0 saturated carbocycles. The molecule has 0 aliphatic rings. The molecule has 0 aliphatic heterocycles. The van der Waals surface area contributed by atoms with Crippen molar-refractivity contribution in [2.75, 3.05) is 32.5 Å². The van der Waals surface area contributed by atoms with E-state index in [-0.39, 0.29) is 11.1 Å². The summed E-state index contributed by atoms with van der Waals surface area (Å²) < 4.78 is 0. The highest BCUT2D eigenvalue weighted by Crippen LogP contribution is 2.16. The van der Waals surface area contributed by atoms with E-state index in [9.17, 15) is 4.79 Å². The smallest absolute Gasteiger partial charge is 0.356 e. The third-order valence-corrected chi connectivity index (χ3v) is 2.36. The highest BCUT2D eigenvalue weighted by atomic mass is 16.4. The van der Waals surface area contributed by atoms with Crippen molar-refractivity contribution in [1.82, 2.24) is 14.9 Å². The Kier molecular flexibility index (Phi) is 4.61. The van der Waals surface area contributed by atoms with Crippen molar-refractivity contribution in [2.24, 2.45) is 5.41 Å². The first-order chi connectivity index (χ1) is 8.30. The summed E-state index contributed by atoms with van der Waals surface area (Å²) in [5, 5.41) is 11.9. The first-order valence-electron chi connectivity index (χ1n) is 5.74.